The first-order valence-corrected chi connectivity index (χ1v) is 6.40. The van der Waals surface area contributed by atoms with E-state index in [-0.39, 0.29) is 6.61 Å². The van der Waals surface area contributed by atoms with Crippen molar-refractivity contribution in [3.05, 3.63) is 28.2 Å². The van der Waals surface area contributed by atoms with Crippen LogP contribution in [0.3, 0.4) is 0 Å². The maximum atomic E-state index is 9.65. The molecule has 0 aliphatic carbocycles. The van der Waals surface area contributed by atoms with Crippen LogP contribution < -0.4 is 10.1 Å². The van der Waals surface area contributed by atoms with E-state index >= 15 is 0 Å². The van der Waals surface area contributed by atoms with Crippen LogP contribution in [0.2, 0.25) is 10.0 Å². The van der Waals surface area contributed by atoms with Gasteiger partial charge in [-0.3, -0.25) is 0 Å². The summed E-state index contributed by atoms with van der Waals surface area (Å²) in [4.78, 5) is 0. The standard InChI is InChI=1S/C12H17Cl2NO3/c1-8(16)5-15-6-9(17)7-18-12-10(13)3-2-4-11(12)14/h2-4,8-9,15-17H,5-7H2,1H3. The van der Waals surface area contributed by atoms with Crippen molar-refractivity contribution in [1.29, 1.82) is 0 Å². The molecule has 1 aromatic rings. The Bertz CT molecular complexity index is 354. The van der Waals surface area contributed by atoms with Gasteiger partial charge in [-0.25, -0.2) is 0 Å². The number of para-hydroxylation sites is 1. The number of aliphatic hydroxyl groups excluding tert-OH is 2. The molecule has 18 heavy (non-hydrogen) atoms. The van der Waals surface area contributed by atoms with Gasteiger partial charge in [0.05, 0.1) is 16.1 Å². The van der Waals surface area contributed by atoms with Crippen LogP contribution in [0.4, 0.5) is 0 Å². The highest BCUT2D eigenvalue weighted by Crippen LogP contribution is 2.32. The zero-order valence-electron chi connectivity index (χ0n) is 10.1. The molecule has 0 aliphatic heterocycles. The molecule has 102 valence electrons. The molecule has 1 aromatic carbocycles. The Labute approximate surface area is 116 Å². The van der Waals surface area contributed by atoms with E-state index in [0.29, 0.717) is 28.9 Å². The van der Waals surface area contributed by atoms with Crippen molar-refractivity contribution in [1.82, 2.24) is 5.32 Å². The topological polar surface area (TPSA) is 61.7 Å². The van der Waals surface area contributed by atoms with Crippen LogP contribution in [0.25, 0.3) is 0 Å². The molecule has 0 bridgehead atoms. The fraction of sp³-hybridized carbons (Fsp3) is 0.500. The van der Waals surface area contributed by atoms with Crippen molar-refractivity contribution in [3.63, 3.8) is 0 Å². The summed E-state index contributed by atoms with van der Waals surface area (Å²) in [5.74, 6) is 0.371. The minimum absolute atomic E-state index is 0.0796. The average molecular weight is 294 g/mol. The van der Waals surface area contributed by atoms with Crippen LogP contribution in [0, 0.1) is 0 Å². The summed E-state index contributed by atoms with van der Waals surface area (Å²) in [6, 6.07) is 5.06. The molecule has 0 radical (unpaired) electrons. The predicted octanol–water partition coefficient (Wildman–Crippen LogP) is 1.70. The van der Waals surface area contributed by atoms with Gasteiger partial charge in [-0.2, -0.15) is 0 Å². The Morgan fingerprint density at radius 2 is 1.83 bits per heavy atom. The molecule has 2 atom stereocenters. The first kappa shape index (κ1) is 15.5. The lowest BCUT2D eigenvalue weighted by molar-refractivity contribution is 0.101. The van der Waals surface area contributed by atoms with Crippen molar-refractivity contribution in [3.8, 4) is 5.75 Å². The van der Waals surface area contributed by atoms with E-state index in [1.54, 1.807) is 25.1 Å². The normalized spacial score (nSPS) is 14.3. The third-order valence-corrected chi connectivity index (χ3v) is 2.75. The van der Waals surface area contributed by atoms with Crippen LogP contribution in [0.5, 0.6) is 5.75 Å². The Morgan fingerprint density at radius 1 is 1.22 bits per heavy atom. The number of nitrogens with one attached hydrogen (secondary N) is 1. The number of hydrogen-bond donors (Lipinski definition) is 3. The molecule has 0 heterocycles. The van der Waals surface area contributed by atoms with E-state index in [1.807, 2.05) is 0 Å². The van der Waals surface area contributed by atoms with Gasteiger partial charge in [0.25, 0.3) is 0 Å². The third kappa shape index (κ3) is 5.42. The molecule has 2 unspecified atom stereocenters. The molecular weight excluding hydrogens is 277 g/mol. The van der Waals surface area contributed by atoms with E-state index in [1.165, 1.54) is 0 Å². The second-order valence-electron chi connectivity index (χ2n) is 4.02. The van der Waals surface area contributed by atoms with Gasteiger partial charge in [-0.15, -0.1) is 0 Å². The van der Waals surface area contributed by atoms with Gasteiger partial charge in [-0.05, 0) is 19.1 Å². The van der Waals surface area contributed by atoms with Crippen molar-refractivity contribution in [2.45, 2.75) is 19.1 Å². The van der Waals surface area contributed by atoms with Gasteiger partial charge in [-0.1, -0.05) is 29.3 Å². The lowest BCUT2D eigenvalue weighted by atomic mass is 10.3. The lowest BCUT2D eigenvalue weighted by Gasteiger charge is -2.15. The lowest BCUT2D eigenvalue weighted by Crippen LogP contribution is -2.35. The van der Waals surface area contributed by atoms with Crippen LogP contribution >= 0.6 is 23.2 Å². The molecular formula is C12H17Cl2NO3. The fourth-order valence-corrected chi connectivity index (χ4v) is 1.82. The van der Waals surface area contributed by atoms with E-state index in [2.05, 4.69) is 5.32 Å². The molecule has 0 saturated heterocycles. The smallest absolute Gasteiger partial charge is 0.156 e. The Balaban J connectivity index is 2.36. The zero-order chi connectivity index (χ0) is 13.5. The summed E-state index contributed by atoms with van der Waals surface area (Å²) in [7, 11) is 0. The van der Waals surface area contributed by atoms with E-state index in [9.17, 15) is 5.11 Å². The highest BCUT2D eigenvalue weighted by atomic mass is 35.5. The van der Waals surface area contributed by atoms with Gasteiger partial charge in [0.15, 0.2) is 5.75 Å². The minimum atomic E-state index is -0.698. The van der Waals surface area contributed by atoms with Crippen molar-refractivity contribution >= 4 is 23.2 Å². The summed E-state index contributed by atoms with van der Waals surface area (Å²) in [5.41, 5.74) is 0. The molecule has 0 fully saturated rings. The number of aliphatic hydroxyl groups is 2. The fourth-order valence-electron chi connectivity index (χ4n) is 1.32. The van der Waals surface area contributed by atoms with Crippen molar-refractivity contribution in [2.24, 2.45) is 0 Å². The first-order chi connectivity index (χ1) is 8.50. The number of hydrogen-bond acceptors (Lipinski definition) is 4. The number of rotatable bonds is 7. The largest absolute Gasteiger partial charge is 0.488 e. The van der Waals surface area contributed by atoms with Crippen LogP contribution in [-0.4, -0.2) is 42.1 Å². The number of halogens is 2. The van der Waals surface area contributed by atoms with Crippen molar-refractivity contribution in [2.75, 3.05) is 19.7 Å². The molecule has 1 rings (SSSR count). The second-order valence-corrected chi connectivity index (χ2v) is 4.84. The highest BCUT2D eigenvalue weighted by Gasteiger charge is 2.10. The number of benzene rings is 1. The second kappa shape index (κ2) is 7.81. The molecule has 0 saturated carbocycles. The maximum absolute atomic E-state index is 9.65. The molecule has 0 aliphatic rings. The van der Waals surface area contributed by atoms with Crippen molar-refractivity contribution < 1.29 is 14.9 Å². The molecule has 4 nitrogen and oxygen atoms in total. The van der Waals surface area contributed by atoms with Gasteiger partial charge in [0.2, 0.25) is 0 Å². The van der Waals surface area contributed by atoms with Crippen LogP contribution in [0.1, 0.15) is 6.92 Å². The Kier molecular flexibility index (Phi) is 6.75. The predicted molar refractivity (Wildman–Crippen MR) is 72.5 cm³/mol. The number of ether oxygens (including phenoxy) is 1. The highest BCUT2D eigenvalue weighted by molar-refractivity contribution is 6.37. The SMILES string of the molecule is CC(O)CNCC(O)COc1c(Cl)cccc1Cl. The van der Waals surface area contributed by atoms with Gasteiger partial charge >= 0.3 is 0 Å². The molecule has 0 aromatic heterocycles. The summed E-state index contributed by atoms with van der Waals surface area (Å²) >= 11 is 11.8. The summed E-state index contributed by atoms with van der Waals surface area (Å²) in [6.07, 6.45) is -1.15. The third-order valence-electron chi connectivity index (χ3n) is 2.16. The zero-order valence-corrected chi connectivity index (χ0v) is 11.6. The molecule has 3 N–H and O–H groups in total. The van der Waals surface area contributed by atoms with E-state index < -0.39 is 12.2 Å². The summed E-state index contributed by atoms with van der Waals surface area (Å²) in [5, 5.41) is 22.4. The average Bonchev–Trinajstić information content (AvgIpc) is 2.27. The Hall–Kier alpha value is -0.520. The molecule has 0 spiro atoms. The van der Waals surface area contributed by atoms with Gasteiger partial charge < -0.3 is 20.3 Å². The summed E-state index contributed by atoms with van der Waals surface area (Å²) < 4.78 is 5.37. The first-order valence-electron chi connectivity index (χ1n) is 5.64. The van der Waals surface area contributed by atoms with Crippen LogP contribution in [0.15, 0.2) is 18.2 Å². The molecule has 6 heteroatoms. The van der Waals surface area contributed by atoms with Gasteiger partial charge in [0, 0.05) is 13.1 Å². The quantitative estimate of drug-likeness (QED) is 0.716. The van der Waals surface area contributed by atoms with E-state index in [0.717, 1.165) is 0 Å². The van der Waals surface area contributed by atoms with Crippen LogP contribution in [-0.2, 0) is 0 Å². The Morgan fingerprint density at radius 3 is 2.39 bits per heavy atom. The molecule has 0 amide bonds. The van der Waals surface area contributed by atoms with E-state index in [4.69, 9.17) is 33.0 Å². The summed E-state index contributed by atoms with van der Waals surface area (Å²) in [6.45, 7) is 2.49. The van der Waals surface area contributed by atoms with Gasteiger partial charge in [0.1, 0.15) is 12.7 Å². The monoisotopic (exact) mass is 293 g/mol. The maximum Gasteiger partial charge on any atom is 0.156 e. The minimum Gasteiger partial charge on any atom is -0.488 e.